The molecule has 0 atom stereocenters. The topological polar surface area (TPSA) is 85.2 Å². The van der Waals surface area contributed by atoms with Crippen LogP contribution in [0.15, 0.2) is 17.1 Å². The average molecular weight is 463 g/mol. The van der Waals surface area contributed by atoms with E-state index < -0.39 is 5.97 Å². The number of hydrogen-bond donors (Lipinski definition) is 3. The van der Waals surface area contributed by atoms with E-state index in [2.05, 4.69) is 10.3 Å². The Bertz CT molecular complexity index is 583. The fourth-order valence-corrected chi connectivity index (χ4v) is 2.08. The lowest BCUT2D eigenvalue weighted by Gasteiger charge is -2.18. The molecule has 27 heavy (non-hydrogen) atoms. The Morgan fingerprint density at radius 3 is 2.00 bits per heavy atom. The number of carboxylic acids is 1. The van der Waals surface area contributed by atoms with Crippen molar-refractivity contribution in [3.05, 3.63) is 23.3 Å². The predicted octanol–water partition coefficient (Wildman–Crippen LogP) is 4.57. The van der Waals surface area contributed by atoms with Crippen molar-refractivity contribution in [3.8, 4) is 5.75 Å². The number of benzene rings is 1. The molecule has 0 saturated carbocycles. The van der Waals surface area contributed by atoms with Gasteiger partial charge in [0.25, 0.3) is 0 Å². The highest BCUT2D eigenvalue weighted by Gasteiger charge is 2.16. The van der Waals surface area contributed by atoms with Crippen molar-refractivity contribution in [1.29, 1.82) is 0 Å². The van der Waals surface area contributed by atoms with Crippen LogP contribution < -0.4 is 10.2 Å². The van der Waals surface area contributed by atoms with Gasteiger partial charge in [-0.2, -0.15) is 0 Å². The molecule has 0 aliphatic carbocycles. The van der Waals surface area contributed by atoms with Gasteiger partial charge in [0.1, 0.15) is 11.3 Å². The first-order valence-electron chi connectivity index (χ1n) is 7.95. The molecule has 1 heterocycles. The third kappa shape index (κ3) is 12.1. The van der Waals surface area contributed by atoms with Gasteiger partial charge in [0.2, 0.25) is 0 Å². The second-order valence-electron chi connectivity index (χ2n) is 5.11. The summed E-state index contributed by atoms with van der Waals surface area (Å²) in [5.74, 6) is -0.154. The summed E-state index contributed by atoms with van der Waals surface area (Å²) in [6.07, 6.45) is 0.598. The number of amidine groups is 1. The molecule has 0 amide bonds. The van der Waals surface area contributed by atoms with Crippen molar-refractivity contribution in [2.24, 2.45) is 4.99 Å². The summed E-state index contributed by atoms with van der Waals surface area (Å²) in [6, 6.07) is 3.13. The molecule has 0 radical (unpaired) electrons. The van der Waals surface area contributed by atoms with Crippen LogP contribution in [0.3, 0.4) is 0 Å². The van der Waals surface area contributed by atoms with E-state index in [1.165, 1.54) is 6.07 Å². The number of hydrogen-bond acceptors (Lipinski definition) is 5. The molecule has 0 bridgehead atoms. The molecule has 2 rings (SSSR count). The first-order valence-corrected chi connectivity index (χ1v) is 10.1. The van der Waals surface area contributed by atoms with Gasteiger partial charge in [0.05, 0.1) is 23.1 Å². The van der Waals surface area contributed by atoms with E-state index >= 15 is 0 Å². The van der Waals surface area contributed by atoms with E-state index in [-0.39, 0.29) is 22.0 Å². The monoisotopic (exact) mass is 461 g/mol. The second kappa shape index (κ2) is 17.0. The standard InChI is InChI=1S/C11H15NO3.C4H8N2.2CH2Cl2/c1-4-7-9(12(2)3)6-5-8(10(7)13)11(14)15;1-4-5-2-3-6-4;2*2-1-3/h5-6,13H,4H2,1-3H3,(H,14,15);2-3H2,1H3,(H,5,6);2*1H2. The van der Waals surface area contributed by atoms with Crippen molar-refractivity contribution in [3.63, 3.8) is 0 Å². The van der Waals surface area contributed by atoms with E-state index in [9.17, 15) is 9.90 Å². The van der Waals surface area contributed by atoms with Gasteiger partial charge < -0.3 is 20.4 Å². The Morgan fingerprint density at radius 2 is 1.74 bits per heavy atom. The number of aromatic hydroxyl groups is 1. The molecular formula is C17H27Cl4N3O3. The molecule has 0 unspecified atom stereocenters. The summed E-state index contributed by atoms with van der Waals surface area (Å²) < 4.78 is 0. The van der Waals surface area contributed by atoms with Gasteiger partial charge in [0, 0.05) is 31.9 Å². The summed E-state index contributed by atoms with van der Waals surface area (Å²) in [7, 11) is 3.71. The molecule has 0 saturated heterocycles. The van der Waals surface area contributed by atoms with Gasteiger partial charge in [-0.15, -0.1) is 46.4 Å². The molecule has 6 nitrogen and oxygen atoms in total. The summed E-state index contributed by atoms with van der Waals surface area (Å²) in [6.45, 7) is 5.86. The zero-order chi connectivity index (χ0) is 21.4. The van der Waals surface area contributed by atoms with E-state index in [1.807, 2.05) is 32.8 Å². The molecule has 0 aromatic heterocycles. The third-order valence-corrected chi connectivity index (χ3v) is 3.17. The van der Waals surface area contributed by atoms with Crippen LogP contribution in [0, 0.1) is 0 Å². The van der Waals surface area contributed by atoms with E-state index in [0.29, 0.717) is 12.0 Å². The smallest absolute Gasteiger partial charge is 0.339 e. The maximum absolute atomic E-state index is 10.8. The van der Waals surface area contributed by atoms with E-state index in [4.69, 9.17) is 51.5 Å². The molecule has 10 heteroatoms. The summed E-state index contributed by atoms with van der Waals surface area (Å²) in [5.41, 5.74) is 1.47. The van der Waals surface area contributed by atoms with Crippen LogP contribution in [-0.2, 0) is 6.42 Å². The van der Waals surface area contributed by atoms with Crippen LogP contribution in [0.5, 0.6) is 5.75 Å². The average Bonchev–Trinajstić information content (AvgIpc) is 3.07. The van der Waals surface area contributed by atoms with Gasteiger partial charge in [-0.25, -0.2) is 4.79 Å². The Kier molecular flexibility index (Phi) is 17.8. The predicted molar refractivity (Wildman–Crippen MR) is 118 cm³/mol. The van der Waals surface area contributed by atoms with Crippen LogP contribution in [0.4, 0.5) is 5.69 Å². The lowest BCUT2D eigenvalue weighted by molar-refractivity contribution is 0.0693. The van der Waals surface area contributed by atoms with Gasteiger partial charge in [0.15, 0.2) is 0 Å². The van der Waals surface area contributed by atoms with Crippen LogP contribution in [-0.4, -0.2) is 59.9 Å². The number of aliphatic imine (C=N–C) groups is 1. The number of phenols is 1. The Labute approximate surface area is 181 Å². The number of carbonyl (C=O) groups is 1. The van der Waals surface area contributed by atoms with Gasteiger partial charge in [-0.05, 0) is 25.5 Å². The Hall–Kier alpha value is -1.08. The molecule has 0 fully saturated rings. The van der Waals surface area contributed by atoms with Gasteiger partial charge in [-0.1, -0.05) is 6.92 Å². The minimum absolute atomic E-state index is 0.0440. The number of nitrogens with zero attached hydrogens (tertiary/aromatic N) is 2. The lowest BCUT2D eigenvalue weighted by atomic mass is 10.0. The number of anilines is 1. The molecule has 1 aliphatic rings. The Morgan fingerprint density at radius 1 is 1.22 bits per heavy atom. The molecule has 1 aromatic rings. The molecule has 3 N–H and O–H groups in total. The van der Waals surface area contributed by atoms with Crippen LogP contribution in [0.25, 0.3) is 0 Å². The van der Waals surface area contributed by atoms with Crippen LogP contribution in [0.1, 0.15) is 29.8 Å². The molecule has 156 valence electrons. The highest BCUT2D eigenvalue weighted by atomic mass is 35.5. The van der Waals surface area contributed by atoms with Crippen molar-refractivity contribution < 1.29 is 15.0 Å². The molecular weight excluding hydrogens is 436 g/mol. The summed E-state index contributed by atoms with van der Waals surface area (Å²) in [5, 5.41) is 22.1. The zero-order valence-corrected chi connectivity index (χ0v) is 18.9. The minimum atomic E-state index is -1.10. The lowest BCUT2D eigenvalue weighted by Crippen LogP contribution is -2.13. The van der Waals surface area contributed by atoms with Crippen molar-refractivity contribution in [2.75, 3.05) is 42.8 Å². The number of aromatic carboxylic acids is 1. The van der Waals surface area contributed by atoms with Crippen molar-refractivity contribution in [1.82, 2.24) is 5.32 Å². The normalized spacial score (nSPS) is 11.3. The van der Waals surface area contributed by atoms with Crippen molar-refractivity contribution >= 4 is 63.9 Å². The number of rotatable bonds is 3. The maximum Gasteiger partial charge on any atom is 0.339 e. The highest BCUT2D eigenvalue weighted by molar-refractivity contribution is 6.41. The molecule has 1 aromatic carbocycles. The van der Waals surface area contributed by atoms with Crippen LogP contribution in [0.2, 0.25) is 0 Å². The summed E-state index contributed by atoms with van der Waals surface area (Å²) >= 11 is 19.1. The SMILES string of the molecule is CC1=NCCN1.CCc1c(N(C)C)ccc(C(=O)O)c1O.ClCCl.ClCCl. The minimum Gasteiger partial charge on any atom is -0.507 e. The number of nitrogens with one attached hydrogen (secondary N) is 1. The second-order valence-corrected chi connectivity index (χ2v) is 6.72. The van der Waals surface area contributed by atoms with Gasteiger partial charge >= 0.3 is 5.97 Å². The molecule has 0 spiro atoms. The number of carboxylic acid groups (broad SMARTS) is 1. The summed E-state index contributed by atoms with van der Waals surface area (Å²) in [4.78, 5) is 16.7. The number of alkyl halides is 4. The highest BCUT2D eigenvalue weighted by Crippen LogP contribution is 2.31. The van der Waals surface area contributed by atoms with Gasteiger partial charge in [-0.3, -0.25) is 4.99 Å². The van der Waals surface area contributed by atoms with Crippen molar-refractivity contribution in [2.45, 2.75) is 20.3 Å². The Balaban J connectivity index is 0. The zero-order valence-electron chi connectivity index (χ0n) is 15.9. The van der Waals surface area contributed by atoms with Crippen LogP contribution >= 0.6 is 46.4 Å². The fraction of sp³-hybridized carbons (Fsp3) is 0.529. The number of halogens is 4. The largest absolute Gasteiger partial charge is 0.507 e. The molecule has 1 aliphatic heterocycles. The maximum atomic E-state index is 10.8. The third-order valence-electron chi connectivity index (χ3n) is 3.17. The van der Waals surface area contributed by atoms with E-state index in [1.54, 1.807) is 6.07 Å². The quantitative estimate of drug-likeness (QED) is 0.572. The van der Waals surface area contributed by atoms with E-state index in [0.717, 1.165) is 24.6 Å². The first kappa shape index (κ1) is 28.1. The fourth-order valence-electron chi connectivity index (χ4n) is 2.08. The first-order chi connectivity index (χ1) is 12.7.